The molecule has 1 atom stereocenters. The van der Waals surface area contributed by atoms with Gasteiger partial charge >= 0.3 is 0 Å². The number of anilines is 2. The molecule has 2 aromatic carbocycles. The minimum absolute atomic E-state index is 0.102. The number of hydrogen-bond donors (Lipinski definition) is 1. The van der Waals surface area contributed by atoms with Crippen LogP contribution < -0.4 is 15.0 Å². The van der Waals surface area contributed by atoms with Crippen molar-refractivity contribution in [2.24, 2.45) is 0 Å². The van der Waals surface area contributed by atoms with Crippen LogP contribution in [-0.2, 0) is 4.79 Å². The number of nitrogens with zero attached hydrogens (tertiary/aromatic N) is 1. The van der Waals surface area contributed by atoms with Gasteiger partial charge in [0.2, 0.25) is 0 Å². The van der Waals surface area contributed by atoms with Crippen LogP contribution in [0.3, 0.4) is 0 Å². The van der Waals surface area contributed by atoms with E-state index in [2.05, 4.69) is 5.32 Å². The van der Waals surface area contributed by atoms with Crippen LogP contribution in [0.15, 0.2) is 36.4 Å². The first kappa shape index (κ1) is 16.1. The molecule has 0 aromatic heterocycles. The number of carbonyl (C=O) groups is 2. The molecule has 0 bridgehead atoms. The highest BCUT2D eigenvalue weighted by molar-refractivity contribution is 6.06. The predicted molar refractivity (Wildman–Crippen MR) is 93.8 cm³/mol. The van der Waals surface area contributed by atoms with E-state index in [1.54, 1.807) is 37.1 Å². The third kappa shape index (κ3) is 2.73. The van der Waals surface area contributed by atoms with Crippen molar-refractivity contribution in [1.82, 2.24) is 0 Å². The van der Waals surface area contributed by atoms with Crippen molar-refractivity contribution in [3.8, 4) is 5.75 Å². The first-order valence-electron chi connectivity index (χ1n) is 7.84. The van der Waals surface area contributed by atoms with Gasteiger partial charge in [-0.2, -0.15) is 0 Å². The third-order valence-corrected chi connectivity index (χ3v) is 4.29. The third-order valence-electron chi connectivity index (χ3n) is 4.29. The van der Waals surface area contributed by atoms with E-state index in [4.69, 9.17) is 4.74 Å². The zero-order chi connectivity index (χ0) is 17.4. The molecular formula is C19H20N2O3. The van der Waals surface area contributed by atoms with E-state index >= 15 is 0 Å². The maximum absolute atomic E-state index is 12.6. The molecular weight excluding hydrogens is 304 g/mol. The summed E-state index contributed by atoms with van der Waals surface area (Å²) in [6.45, 7) is 5.62. The van der Waals surface area contributed by atoms with Gasteiger partial charge in [0, 0.05) is 18.3 Å². The Morgan fingerprint density at radius 1 is 1.17 bits per heavy atom. The maximum Gasteiger partial charge on any atom is 0.267 e. The van der Waals surface area contributed by atoms with E-state index < -0.39 is 6.10 Å². The number of para-hydroxylation sites is 1. The normalized spacial score (nSPS) is 16.4. The fourth-order valence-corrected chi connectivity index (χ4v) is 2.86. The molecule has 1 N–H and O–H groups in total. The molecule has 0 saturated carbocycles. The zero-order valence-electron chi connectivity index (χ0n) is 14.2. The van der Waals surface area contributed by atoms with Crippen LogP contribution >= 0.6 is 0 Å². The van der Waals surface area contributed by atoms with Crippen molar-refractivity contribution in [1.29, 1.82) is 0 Å². The van der Waals surface area contributed by atoms with Gasteiger partial charge < -0.3 is 15.0 Å². The number of amides is 2. The molecule has 1 aliphatic heterocycles. The summed E-state index contributed by atoms with van der Waals surface area (Å²) in [4.78, 5) is 26.1. The molecule has 0 saturated heterocycles. The number of nitrogens with one attached hydrogen (secondary N) is 1. The molecule has 24 heavy (non-hydrogen) atoms. The van der Waals surface area contributed by atoms with Crippen LogP contribution in [0.4, 0.5) is 11.4 Å². The quantitative estimate of drug-likeness (QED) is 0.922. The lowest BCUT2D eigenvalue weighted by Crippen LogP contribution is -2.42. The molecule has 5 nitrogen and oxygen atoms in total. The number of hydrogen-bond acceptors (Lipinski definition) is 3. The molecule has 1 aliphatic rings. The van der Waals surface area contributed by atoms with Gasteiger partial charge in [0.1, 0.15) is 5.75 Å². The number of ether oxygens (including phenoxy) is 1. The standard InChI is InChI=1S/C19H20N2O3/c1-11-6-5-7-12(2)17(11)20-18(22)14-8-9-15-16(10-14)24-13(3)19(23)21(15)4/h5-10,13H,1-4H3,(H,20,22). The molecule has 0 fully saturated rings. The summed E-state index contributed by atoms with van der Waals surface area (Å²) >= 11 is 0. The smallest absolute Gasteiger partial charge is 0.267 e. The molecule has 1 unspecified atom stereocenters. The Morgan fingerprint density at radius 3 is 2.50 bits per heavy atom. The average Bonchev–Trinajstić information content (AvgIpc) is 2.55. The highest BCUT2D eigenvalue weighted by Crippen LogP contribution is 2.34. The topological polar surface area (TPSA) is 58.6 Å². The average molecular weight is 324 g/mol. The Morgan fingerprint density at radius 2 is 1.83 bits per heavy atom. The summed E-state index contributed by atoms with van der Waals surface area (Å²) in [6.07, 6.45) is -0.556. The minimum atomic E-state index is -0.556. The summed E-state index contributed by atoms with van der Waals surface area (Å²) < 4.78 is 5.63. The van der Waals surface area contributed by atoms with Crippen molar-refractivity contribution < 1.29 is 14.3 Å². The Hall–Kier alpha value is -2.82. The Kier molecular flexibility index (Phi) is 4.01. The van der Waals surface area contributed by atoms with Crippen molar-refractivity contribution >= 4 is 23.2 Å². The van der Waals surface area contributed by atoms with Crippen molar-refractivity contribution in [2.45, 2.75) is 26.9 Å². The second-order valence-electron chi connectivity index (χ2n) is 6.06. The number of rotatable bonds is 2. The van der Waals surface area contributed by atoms with E-state index in [0.29, 0.717) is 17.0 Å². The lowest BCUT2D eigenvalue weighted by molar-refractivity contribution is -0.125. The van der Waals surface area contributed by atoms with Crippen molar-refractivity contribution in [3.63, 3.8) is 0 Å². The predicted octanol–water partition coefficient (Wildman–Crippen LogP) is 3.30. The molecule has 0 aliphatic carbocycles. The molecule has 2 aromatic rings. The highest BCUT2D eigenvalue weighted by Gasteiger charge is 2.29. The van der Waals surface area contributed by atoms with Crippen LogP contribution in [-0.4, -0.2) is 25.0 Å². The first-order chi connectivity index (χ1) is 11.4. The summed E-state index contributed by atoms with van der Waals surface area (Å²) in [5.41, 5.74) is 4.00. The largest absolute Gasteiger partial charge is 0.479 e. The summed E-state index contributed by atoms with van der Waals surface area (Å²) in [5.74, 6) is 0.236. The van der Waals surface area contributed by atoms with Crippen molar-refractivity contribution in [3.05, 3.63) is 53.1 Å². The number of carbonyl (C=O) groups excluding carboxylic acids is 2. The van der Waals surface area contributed by atoms with E-state index in [9.17, 15) is 9.59 Å². The van der Waals surface area contributed by atoms with Gasteiger partial charge in [-0.3, -0.25) is 9.59 Å². The highest BCUT2D eigenvalue weighted by atomic mass is 16.5. The van der Waals surface area contributed by atoms with Gasteiger partial charge in [-0.05, 0) is 50.1 Å². The molecule has 0 spiro atoms. The zero-order valence-corrected chi connectivity index (χ0v) is 14.2. The number of aryl methyl sites for hydroxylation is 2. The van der Waals surface area contributed by atoms with Gasteiger partial charge in [0.05, 0.1) is 5.69 Å². The maximum atomic E-state index is 12.6. The van der Waals surface area contributed by atoms with E-state index in [1.807, 2.05) is 32.0 Å². The molecule has 5 heteroatoms. The van der Waals surface area contributed by atoms with Crippen LogP contribution in [0.2, 0.25) is 0 Å². The number of benzene rings is 2. The molecule has 2 amide bonds. The minimum Gasteiger partial charge on any atom is -0.479 e. The molecule has 3 rings (SSSR count). The summed E-state index contributed by atoms with van der Waals surface area (Å²) in [6, 6.07) is 11.0. The van der Waals surface area contributed by atoms with E-state index in [0.717, 1.165) is 16.8 Å². The van der Waals surface area contributed by atoms with Gasteiger partial charge in [-0.25, -0.2) is 0 Å². The summed E-state index contributed by atoms with van der Waals surface area (Å²) in [7, 11) is 1.70. The van der Waals surface area contributed by atoms with E-state index in [1.165, 1.54) is 0 Å². The molecule has 124 valence electrons. The fraction of sp³-hybridized carbons (Fsp3) is 0.263. The van der Waals surface area contributed by atoms with Crippen LogP contribution in [0, 0.1) is 13.8 Å². The second kappa shape index (κ2) is 6.00. The lowest BCUT2D eigenvalue weighted by Gasteiger charge is -2.30. The van der Waals surface area contributed by atoms with Crippen molar-refractivity contribution in [2.75, 3.05) is 17.3 Å². The lowest BCUT2D eigenvalue weighted by atomic mass is 10.1. The molecule has 0 radical (unpaired) electrons. The summed E-state index contributed by atoms with van der Waals surface area (Å²) in [5, 5.41) is 2.96. The Bertz CT molecular complexity index is 809. The number of fused-ring (bicyclic) bond motifs is 1. The number of likely N-dealkylation sites (N-methyl/N-ethyl adjacent to an activating group) is 1. The van der Waals surface area contributed by atoms with Crippen LogP contribution in [0.5, 0.6) is 5.75 Å². The van der Waals surface area contributed by atoms with Gasteiger partial charge in [0.15, 0.2) is 6.10 Å². The first-order valence-corrected chi connectivity index (χ1v) is 7.84. The Balaban J connectivity index is 1.90. The van der Waals surface area contributed by atoms with Gasteiger partial charge in [0.25, 0.3) is 11.8 Å². The fourth-order valence-electron chi connectivity index (χ4n) is 2.86. The second-order valence-corrected chi connectivity index (χ2v) is 6.06. The Labute approximate surface area is 141 Å². The molecule has 1 heterocycles. The SMILES string of the molecule is Cc1cccc(C)c1NC(=O)c1ccc2c(c1)OC(C)C(=O)N2C. The van der Waals surface area contributed by atoms with Crippen LogP contribution in [0.25, 0.3) is 0 Å². The van der Waals surface area contributed by atoms with E-state index in [-0.39, 0.29) is 11.8 Å². The monoisotopic (exact) mass is 324 g/mol. The van der Waals surface area contributed by atoms with Gasteiger partial charge in [-0.15, -0.1) is 0 Å². The van der Waals surface area contributed by atoms with Crippen LogP contribution in [0.1, 0.15) is 28.4 Å². The van der Waals surface area contributed by atoms with Gasteiger partial charge in [-0.1, -0.05) is 18.2 Å².